The van der Waals surface area contributed by atoms with E-state index in [-0.39, 0.29) is 0 Å². The Morgan fingerprint density at radius 1 is 0.708 bits per heavy atom. The van der Waals surface area contributed by atoms with E-state index < -0.39 is 0 Å². The zero-order chi connectivity index (χ0) is 16.5. The number of nitrogens with one attached hydrogen (secondary N) is 1. The second-order valence-corrected chi connectivity index (χ2v) is 5.00. The summed E-state index contributed by atoms with van der Waals surface area (Å²) in [5.41, 5.74) is 2.31. The fourth-order valence-corrected chi connectivity index (χ4v) is 2.21. The molecule has 4 aromatic heterocycles. The first-order valence-corrected chi connectivity index (χ1v) is 7.69. The predicted molar refractivity (Wildman–Crippen MR) is 97.7 cm³/mol. The molecular formula is C20H18N4. The van der Waals surface area contributed by atoms with Gasteiger partial charge < -0.3 is 4.40 Å². The topological polar surface area (TPSA) is 46.0 Å². The van der Waals surface area contributed by atoms with Crippen LogP contribution in [0.1, 0.15) is 0 Å². The predicted octanol–water partition coefficient (Wildman–Crippen LogP) is 4.58. The zero-order valence-electron chi connectivity index (χ0n) is 13.2. The highest BCUT2D eigenvalue weighted by atomic mass is 15.1. The molecule has 24 heavy (non-hydrogen) atoms. The molecule has 0 unspecified atom stereocenters. The number of hydrogen-bond donors (Lipinski definition) is 1. The number of pyridine rings is 2. The highest BCUT2D eigenvalue weighted by Gasteiger charge is 1.86. The molecule has 1 N–H and O–H groups in total. The number of hydrogen-bond acceptors (Lipinski definition) is 2. The first-order valence-electron chi connectivity index (χ1n) is 7.69. The summed E-state index contributed by atoms with van der Waals surface area (Å²) in [5, 5.41) is 7.41. The van der Waals surface area contributed by atoms with Crippen molar-refractivity contribution in [3.05, 3.63) is 104 Å². The van der Waals surface area contributed by atoms with Crippen LogP contribution < -0.4 is 0 Å². The molecule has 1 aromatic carbocycles. The minimum Gasteiger partial charge on any atom is -0.324 e. The minimum absolute atomic E-state index is 1.06. The molecule has 0 saturated carbocycles. The molecule has 4 heteroatoms. The lowest BCUT2D eigenvalue weighted by molar-refractivity contribution is 1.09. The number of aromatic amines is 1. The normalized spacial score (nSPS) is 9.67. The summed E-state index contributed by atoms with van der Waals surface area (Å²) in [7, 11) is 0. The second kappa shape index (κ2) is 8.29. The van der Waals surface area contributed by atoms with E-state index in [4.69, 9.17) is 0 Å². The first-order chi connectivity index (χ1) is 11.9. The fraction of sp³-hybridized carbons (Fsp3) is 0. The van der Waals surface area contributed by atoms with E-state index in [9.17, 15) is 0 Å². The highest BCUT2D eigenvalue weighted by Crippen LogP contribution is 2.07. The van der Waals surface area contributed by atoms with Crippen molar-refractivity contribution >= 4 is 16.4 Å². The van der Waals surface area contributed by atoms with E-state index >= 15 is 0 Å². The average Bonchev–Trinajstić information content (AvgIpc) is 3.37. The van der Waals surface area contributed by atoms with Gasteiger partial charge in [0.1, 0.15) is 0 Å². The van der Waals surface area contributed by atoms with E-state index in [2.05, 4.69) is 43.8 Å². The summed E-state index contributed by atoms with van der Waals surface area (Å²) >= 11 is 0. The number of benzene rings is 1. The van der Waals surface area contributed by atoms with Gasteiger partial charge in [-0.2, -0.15) is 5.10 Å². The summed E-state index contributed by atoms with van der Waals surface area (Å²) in [4.78, 5) is 4.18. The van der Waals surface area contributed by atoms with Crippen molar-refractivity contribution in [3.8, 4) is 0 Å². The Bertz CT molecular complexity index is 858. The highest BCUT2D eigenvalue weighted by molar-refractivity contribution is 5.77. The van der Waals surface area contributed by atoms with Crippen molar-refractivity contribution in [2.24, 2.45) is 0 Å². The van der Waals surface area contributed by atoms with Crippen LogP contribution in [0.2, 0.25) is 0 Å². The molecule has 0 aliphatic carbocycles. The molecule has 5 rings (SSSR count). The van der Waals surface area contributed by atoms with Crippen molar-refractivity contribution in [3.63, 3.8) is 0 Å². The van der Waals surface area contributed by atoms with Crippen molar-refractivity contribution in [1.29, 1.82) is 0 Å². The molecule has 4 heterocycles. The van der Waals surface area contributed by atoms with E-state index in [0.29, 0.717) is 0 Å². The molecule has 5 aromatic rings. The van der Waals surface area contributed by atoms with E-state index in [1.807, 2.05) is 67.1 Å². The van der Waals surface area contributed by atoms with Gasteiger partial charge >= 0.3 is 0 Å². The smallest absolute Gasteiger partial charge is 0.0701 e. The van der Waals surface area contributed by atoms with E-state index in [0.717, 1.165) is 5.52 Å². The van der Waals surface area contributed by atoms with Gasteiger partial charge in [-0.05, 0) is 42.5 Å². The van der Waals surface area contributed by atoms with Gasteiger partial charge in [0.2, 0.25) is 0 Å². The van der Waals surface area contributed by atoms with Crippen molar-refractivity contribution in [2.75, 3.05) is 0 Å². The summed E-state index contributed by atoms with van der Waals surface area (Å²) in [6, 6.07) is 24.2. The third-order valence-electron chi connectivity index (χ3n) is 3.35. The van der Waals surface area contributed by atoms with Gasteiger partial charge in [0.15, 0.2) is 0 Å². The fourth-order valence-electron chi connectivity index (χ4n) is 2.21. The molecule has 4 nitrogen and oxygen atoms in total. The molecule has 0 atom stereocenters. The van der Waals surface area contributed by atoms with Crippen LogP contribution in [0, 0.1) is 0 Å². The Morgan fingerprint density at radius 3 is 2.25 bits per heavy atom. The lowest BCUT2D eigenvalue weighted by atomic mass is 10.2. The number of nitrogens with zero attached hydrogens (tertiary/aromatic N) is 3. The van der Waals surface area contributed by atoms with Crippen LogP contribution >= 0.6 is 0 Å². The van der Waals surface area contributed by atoms with Crippen LogP contribution in [0.5, 0.6) is 0 Å². The van der Waals surface area contributed by atoms with E-state index in [1.165, 1.54) is 10.9 Å². The van der Waals surface area contributed by atoms with Gasteiger partial charge in [-0.25, -0.2) is 0 Å². The SMILES string of the molecule is c1ccc2ncccc2c1.c1ccn2cccc2c1.c1cn[nH]c1. The monoisotopic (exact) mass is 314 g/mol. The first kappa shape index (κ1) is 15.5. The average molecular weight is 314 g/mol. The largest absolute Gasteiger partial charge is 0.324 e. The van der Waals surface area contributed by atoms with Crippen LogP contribution in [0.15, 0.2) is 104 Å². The van der Waals surface area contributed by atoms with Crippen molar-refractivity contribution < 1.29 is 0 Å². The third-order valence-corrected chi connectivity index (χ3v) is 3.35. The van der Waals surface area contributed by atoms with Crippen molar-refractivity contribution in [2.45, 2.75) is 0 Å². The molecule has 0 bridgehead atoms. The molecule has 118 valence electrons. The Morgan fingerprint density at radius 2 is 1.50 bits per heavy atom. The van der Waals surface area contributed by atoms with Crippen LogP contribution in [0.25, 0.3) is 16.4 Å². The number of fused-ring (bicyclic) bond motifs is 2. The van der Waals surface area contributed by atoms with Crippen molar-refractivity contribution in [1.82, 2.24) is 19.6 Å². The quantitative estimate of drug-likeness (QED) is 0.454. The third kappa shape index (κ3) is 4.30. The minimum atomic E-state index is 1.06. The number of aromatic nitrogens is 4. The van der Waals surface area contributed by atoms with Crippen LogP contribution in [-0.4, -0.2) is 19.6 Å². The van der Waals surface area contributed by atoms with Crippen LogP contribution in [0.3, 0.4) is 0 Å². The second-order valence-electron chi connectivity index (χ2n) is 5.00. The van der Waals surface area contributed by atoms with E-state index in [1.54, 1.807) is 12.4 Å². The molecule has 0 radical (unpaired) electrons. The summed E-state index contributed by atoms with van der Waals surface area (Å²) in [6.45, 7) is 0. The Balaban J connectivity index is 0.000000112. The Kier molecular flexibility index (Phi) is 5.35. The maximum Gasteiger partial charge on any atom is 0.0701 e. The lowest BCUT2D eigenvalue weighted by Gasteiger charge is -1.91. The summed E-state index contributed by atoms with van der Waals surface area (Å²) < 4.78 is 2.08. The molecule has 0 fully saturated rings. The molecule has 0 saturated heterocycles. The maximum absolute atomic E-state index is 4.18. The lowest BCUT2D eigenvalue weighted by Crippen LogP contribution is -1.75. The zero-order valence-corrected chi connectivity index (χ0v) is 13.2. The number of H-pyrrole nitrogens is 1. The molecule has 0 spiro atoms. The molecule has 0 amide bonds. The van der Waals surface area contributed by atoms with Gasteiger partial charge in [0.25, 0.3) is 0 Å². The molecular weight excluding hydrogens is 296 g/mol. The van der Waals surface area contributed by atoms with Gasteiger partial charge in [-0.1, -0.05) is 30.3 Å². The van der Waals surface area contributed by atoms with Crippen LogP contribution in [-0.2, 0) is 0 Å². The Hall–Kier alpha value is -3.40. The maximum atomic E-state index is 4.18. The Labute approximate surface area is 140 Å². The van der Waals surface area contributed by atoms with Gasteiger partial charge in [-0.15, -0.1) is 0 Å². The van der Waals surface area contributed by atoms with Gasteiger partial charge in [-0.3, -0.25) is 10.1 Å². The summed E-state index contributed by atoms with van der Waals surface area (Å²) in [6.07, 6.45) is 9.34. The number of rotatable bonds is 0. The van der Waals surface area contributed by atoms with Gasteiger partial charge in [0.05, 0.1) is 5.52 Å². The van der Waals surface area contributed by atoms with Crippen LogP contribution in [0.4, 0.5) is 0 Å². The standard InChI is InChI=1S/C9H7N.C8H7N.C3H4N2/c1-2-6-9-8(4-1)5-3-7-10-9;1-2-6-9-7-3-5-8(9)4-1;1-2-4-5-3-1/h1-7H;1-7H;1-3H,(H,4,5). The summed E-state index contributed by atoms with van der Waals surface area (Å²) in [5.74, 6) is 0. The number of para-hydroxylation sites is 1. The molecule has 0 aliphatic heterocycles. The van der Waals surface area contributed by atoms with Gasteiger partial charge in [0, 0.05) is 41.9 Å². The molecule has 0 aliphatic rings.